The fraction of sp³-hybridized carbons (Fsp3) is 0.600. The Kier molecular flexibility index (Phi) is 7.00. The number of rotatable bonds is 6. The van der Waals surface area contributed by atoms with Crippen LogP contribution in [-0.4, -0.2) is 33.6 Å². The van der Waals surface area contributed by atoms with Crippen LogP contribution in [0.25, 0.3) is 0 Å². The van der Waals surface area contributed by atoms with Crippen LogP contribution in [-0.2, 0) is 0 Å². The molecule has 0 aromatic heterocycles. The van der Waals surface area contributed by atoms with E-state index in [4.69, 9.17) is 5.11 Å². The maximum Gasteiger partial charge on any atom is 0.109 e. The SMILES string of the molecule is CC1=C(/C=C/C(C)=C\C=C\C(C)(O)C(O)CO)C(C)(C)CCC1. The lowest BCUT2D eigenvalue weighted by Gasteiger charge is -2.32. The normalized spacial score (nSPS) is 23.6. The highest BCUT2D eigenvalue weighted by molar-refractivity contribution is 5.36. The average Bonchev–Trinajstić information content (AvgIpc) is 2.44. The molecular formula is C20H32O3. The number of hydrogen-bond donors (Lipinski definition) is 3. The van der Waals surface area contributed by atoms with Crippen LogP contribution in [0.2, 0.25) is 0 Å². The molecule has 1 aliphatic rings. The topological polar surface area (TPSA) is 60.7 Å². The standard InChI is InChI=1S/C20H32O3/c1-15(8-6-13-20(5,23)18(22)14-21)10-11-17-16(2)9-7-12-19(17,3)4/h6,8,10-11,13,18,21-23H,7,9,12,14H2,1-5H3/b11-10+,13-6+,15-8-. The monoisotopic (exact) mass is 320 g/mol. The molecule has 1 rings (SSSR count). The van der Waals surface area contributed by atoms with Crippen molar-refractivity contribution < 1.29 is 15.3 Å². The molecule has 2 unspecified atom stereocenters. The predicted octanol–water partition coefficient (Wildman–Crippen LogP) is 3.68. The molecule has 0 aromatic carbocycles. The lowest BCUT2D eigenvalue weighted by atomic mass is 9.72. The first kappa shape index (κ1) is 19.9. The quantitative estimate of drug-likeness (QED) is 0.654. The van der Waals surface area contributed by atoms with E-state index in [1.165, 1.54) is 43.4 Å². The predicted molar refractivity (Wildman–Crippen MR) is 96.1 cm³/mol. The van der Waals surface area contributed by atoms with Crippen LogP contribution in [0.1, 0.15) is 53.9 Å². The van der Waals surface area contributed by atoms with Gasteiger partial charge in [0.05, 0.1) is 6.61 Å². The van der Waals surface area contributed by atoms with Gasteiger partial charge in [-0.15, -0.1) is 0 Å². The Morgan fingerprint density at radius 2 is 2.04 bits per heavy atom. The summed E-state index contributed by atoms with van der Waals surface area (Å²) >= 11 is 0. The van der Waals surface area contributed by atoms with E-state index in [2.05, 4.69) is 32.9 Å². The molecule has 23 heavy (non-hydrogen) atoms. The number of aliphatic hydroxyl groups is 3. The maximum atomic E-state index is 9.98. The zero-order chi connectivity index (χ0) is 17.7. The van der Waals surface area contributed by atoms with Gasteiger partial charge in [0.25, 0.3) is 0 Å². The average molecular weight is 320 g/mol. The second-order valence-corrected chi connectivity index (χ2v) is 7.46. The Morgan fingerprint density at radius 1 is 1.39 bits per heavy atom. The van der Waals surface area contributed by atoms with Crippen molar-refractivity contribution in [1.29, 1.82) is 0 Å². The second-order valence-electron chi connectivity index (χ2n) is 7.46. The van der Waals surface area contributed by atoms with Gasteiger partial charge in [-0.2, -0.15) is 0 Å². The number of aliphatic hydroxyl groups excluding tert-OH is 2. The van der Waals surface area contributed by atoms with E-state index < -0.39 is 18.3 Å². The second kappa shape index (κ2) is 8.09. The molecule has 3 nitrogen and oxygen atoms in total. The molecule has 0 saturated heterocycles. The summed E-state index contributed by atoms with van der Waals surface area (Å²) in [6.07, 6.45) is 11.9. The van der Waals surface area contributed by atoms with Crippen molar-refractivity contribution in [3.05, 3.63) is 47.1 Å². The van der Waals surface area contributed by atoms with Gasteiger partial charge in [0.2, 0.25) is 0 Å². The van der Waals surface area contributed by atoms with Crippen LogP contribution in [0, 0.1) is 5.41 Å². The molecule has 0 spiro atoms. The van der Waals surface area contributed by atoms with E-state index in [-0.39, 0.29) is 5.41 Å². The van der Waals surface area contributed by atoms with E-state index in [1.54, 1.807) is 6.08 Å². The van der Waals surface area contributed by atoms with E-state index >= 15 is 0 Å². The zero-order valence-electron chi connectivity index (χ0n) is 15.1. The van der Waals surface area contributed by atoms with Crippen LogP contribution >= 0.6 is 0 Å². The van der Waals surface area contributed by atoms with Gasteiger partial charge in [0.15, 0.2) is 0 Å². The Balaban J connectivity index is 2.81. The van der Waals surface area contributed by atoms with Crippen molar-refractivity contribution >= 4 is 0 Å². The molecule has 0 saturated carbocycles. The molecule has 0 heterocycles. The highest BCUT2D eigenvalue weighted by Gasteiger charge is 2.27. The molecule has 0 fully saturated rings. The third-order valence-corrected chi connectivity index (χ3v) is 4.70. The summed E-state index contributed by atoms with van der Waals surface area (Å²) in [7, 11) is 0. The van der Waals surface area contributed by atoms with E-state index in [9.17, 15) is 10.2 Å². The third-order valence-electron chi connectivity index (χ3n) is 4.70. The molecule has 2 atom stereocenters. The molecule has 0 aromatic rings. The Hall–Kier alpha value is -1.16. The van der Waals surface area contributed by atoms with Crippen molar-refractivity contribution in [3.8, 4) is 0 Å². The van der Waals surface area contributed by atoms with Crippen molar-refractivity contribution in [2.45, 2.75) is 65.6 Å². The maximum absolute atomic E-state index is 9.98. The first-order valence-electron chi connectivity index (χ1n) is 8.36. The Labute approximate surface area is 140 Å². The molecule has 0 bridgehead atoms. The van der Waals surface area contributed by atoms with Crippen molar-refractivity contribution in [1.82, 2.24) is 0 Å². The van der Waals surface area contributed by atoms with Gasteiger partial charge < -0.3 is 15.3 Å². The van der Waals surface area contributed by atoms with Gasteiger partial charge in [0.1, 0.15) is 11.7 Å². The van der Waals surface area contributed by atoms with Gasteiger partial charge in [-0.25, -0.2) is 0 Å². The lowest BCUT2D eigenvalue weighted by molar-refractivity contribution is -0.0520. The number of hydrogen-bond acceptors (Lipinski definition) is 3. The van der Waals surface area contributed by atoms with Crippen molar-refractivity contribution in [2.75, 3.05) is 6.61 Å². The Bertz CT molecular complexity index is 519. The minimum atomic E-state index is -1.43. The van der Waals surface area contributed by atoms with Crippen LogP contribution in [0.15, 0.2) is 47.1 Å². The van der Waals surface area contributed by atoms with Crippen LogP contribution < -0.4 is 0 Å². The third kappa shape index (κ3) is 5.76. The summed E-state index contributed by atoms with van der Waals surface area (Å²) in [6.45, 7) is 9.81. The largest absolute Gasteiger partial charge is 0.394 e. The first-order chi connectivity index (χ1) is 10.6. The molecule has 3 heteroatoms. The summed E-state index contributed by atoms with van der Waals surface area (Å²) in [6, 6.07) is 0. The Morgan fingerprint density at radius 3 is 2.61 bits per heavy atom. The minimum Gasteiger partial charge on any atom is -0.394 e. The molecular weight excluding hydrogens is 288 g/mol. The van der Waals surface area contributed by atoms with Crippen molar-refractivity contribution in [2.24, 2.45) is 5.41 Å². The fourth-order valence-electron chi connectivity index (χ4n) is 2.97. The van der Waals surface area contributed by atoms with Gasteiger partial charge in [0, 0.05) is 0 Å². The summed E-state index contributed by atoms with van der Waals surface area (Å²) < 4.78 is 0. The first-order valence-corrected chi connectivity index (χ1v) is 8.36. The highest BCUT2D eigenvalue weighted by atomic mass is 16.4. The van der Waals surface area contributed by atoms with E-state index in [0.29, 0.717) is 0 Å². The molecule has 0 aliphatic heterocycles. The van der Waals surface area contributed by atoms with E-state index in [1.807, 2.05) is 13.0 Å². The summed E-state index contributed by atoms with van der Waals surface area (Å²) in [5.74, 6) is 0. The summed E-state index contributed by atoms with van der Waals surface area (Å²) in [5, 5.41) is 28.4. The van der Waals surface area contributed by atoms with Crippen molar-refractivity contribution in [3.63, 3.8) is 0 Å². The highest BCUT2D eigenvalue weighted by Crippen LogP contribution is 2.40. The molecule has 0 radical (unpaired) electrons. The van der Waals surface area contributed by atoms with E-state index in [0.717, 1.165) is 5.57 Å². The lowest BCUT2D eigenvalue weighted by Crippen LogP contribution is -2.39. The van der Waals surface area contributed by atoms with Gasteiger partial charge >= 0.3 is 0 Å². The van der Waals surface area contributed by atoms with Crippen LogP contribution in [0.4, 0.5) is 0 Å². The van der Waals surface area contributed by atoms with Gasteiger partial charge in [-0.05, 0) is 51.0 Å². The van der Waals surface area contributed by atoms with Crippen LogP contribution in [0.5, 0.6) is 0 Å². The molecule has 1 aliphatic carbocycles. The molecule has 0 amide bonds. The van der Waals surface area contributed by atoms with Gasteiger partial charge in [-0.1, -0.05) is 55.4 Å². The number of allylic oxidation sites excluding steroid dienone is 7. The molecule has 130 valence electrons. The van der Waals surface area contributed by atoms with Gasteiger partial charge in [-0.3, -0.25) is 0 Å². The fourth-order valence-corrected chi connectivity index (χ4v) is 2.97. The van der Waals surface area contributed by atoms with Crippen LogP contribution in [0.3, 0.4) is 0 Å². The molecule has 3 N–H and O–H groups in total. The summed E-state index contributed by atoms with van der Waals surface area (Å²) in [5.41, 5.74) is 2.75. The summed E-state index contributed by atoms with van der Waals surface area (Å²) in [4.78, 5) is 0. The smallest absolute Gasteiger partial charge is 0.109 e. The minimum absolute atomic E-state index is 0.226. The zero-order valence-corrected chi connectivity index (χ0v) is 15.1.